The zero-order valence-corrected chi connectivity index (χ0v) is 11.4. The van der Waals surface area contributed by atoms with Crippen LogP contribution in [0.15, 0.2) is 11.4 Å². The summed E-state index contributed by atoms with van der Waals surface area (Å²) in [4.78, 5) is 26.5. The largest absolute Gasteiger partial charge is 0.351 e. The number of amides is 2. The predicted octanol–water partition coefficient (Wildman–Crippen LogP) is 1.80. The lowest BCUT2D eigenvalue weighted by molar-refractivity contribution is -0.129. The standard InChI is InChI=1S/C13H18N2O2S/c1-10-8-11(9-18-10)13(17)14-5-4-12(16)15-6-2-3-7-15/h8-9H,2-7H2,1H3,(H,14,17). The molecule has 1 N–H and O–H groups in total. The van der Waals surface area contributed by atoms with E-state index in [1.54, 1.807) is 11.3 Å². The number of rotatable bonds is 4. The second-order valence-corrected chi connectivity index (χ2v) is 5.66. The highest BCUT2D eigenvalue weighted by molar-refractivity contribution is 7.10. The monoisotopic (exact) mass is 266 g/mol. The van der Waals surface area contributed by atoms with Gasteiger partial charge in [0.2, 0.25) is 5.91 Å². The van der Waals surface area contributed by atoms with Crippen molar-refractivity contribution in [1.29, 1.82) is 0 Å². The smallest absolute Gasteiger partial charge is 0.252 e. The highest BCUT2D eigenvalue weighted by atomic mass is 32.1. The van der Waals surface area contributed by atoms with Gasteiger partial charge in [0, 0.05) is 36.3 Å². The highest BCUT2D eigenvalue weighted by Crippen LogP contribution is 2.12. The van der Waals surface area contributed by atoms with Crippen molar-refractivity contribution >= 4 is 23.2 Å². The SMILES string of the molecule is Cc1cc(C(=O)NCCC(=O)N2CCCC2)cs1. The number of hydrogen-bond acceptors (Lipinski definition) is 3. The molecule has 1 aliphatic rings. The van der Waals surface area contributed by atoms with Crippen molar-refractivity contribution in [2.75, 3.05) is 19.6 Å². The van der Waals surface area contributed by atoms with Gasteiger partial charge in [0.15, 0.2) is 0 Å². The van der Waals surface area contributed by atoms with E-state index in [4.69, 9.17) is 0 Å². The van der Waals surface area contributed by atoms with E-state index in [2.05, 4.69) is 5.32 Å². The van der Waals surface area contributed by atoms with E-state index in [-0.39, 0.29) is 11.8 Å². The van der Waals surface area contributed by atoms with Crippen LogP contribution in [0.3, 0.4) is 0 Å². The second-order valence-electron chi connectivity index (χ2n) is 4.54. The Balaban J connectivity index is 1.71. The molecule has 1 aromatic rings. The van der Waals surface area contributed by atoms with Gasteiger partial charge in [-0.3, -0.25) is 9.59 Å². The molecule has 98 valence electrons. The van der Waals surface area contributed by atoms with E-state index < -0.39 is 0 Å². The lowest BCUT2D eigenvalue weighted by Gasteiger charge is -2.14. The van der Waals surface area contributed by atoms with Gasteiger partial charge in [-0.15, -0.1) is 11.3 Å². The third kappa shape index (κ3) is 3.32. The molecule has 0 radical (unpaired) electrons. The van der Waals surface area contributed by atoms with Gasteiger partial charge in [0.05, 0.1) is 5.56 Å². The maximum absolute atomic E-state index is 11.7. The van der Waals surface area contributed by atoms with Gasteiger partial charge in [-0.1, -0.05) is 0 Å². The van der Waals surface area contributed by atoms with Gasteiger partial charge in [0.25, 0.3) is 5.91 Å². The molecule has 0 unspecified atom stereocenters. The quantitative estimate of drug-likeness (QED) is 0.903. The number of aryl methyl sites for hydroxylation is 1. The van der Waals surface area contributed by atoms with Crippen molar-refractivity contribution in [3.8, 4) is 0 Å². The summed E-state index contributed by atoms with van der Waals surface area (Å²) in [6.45, 7) is 4.13. The van der Waals surface area contributed by atoms with Crippen LogP contribution >= 0.6 is 11.3 Å². The van der Waals surface area contributed by atoms with Gasteiger partial charge >= 0.3 is 0 Å². The van der Waals surface area contributed by atoms with Crippen LogP contribution < -0.4 is 5.32 Å². The molecular weight excluding hydrogens is 248 g/mol. The van der Waals surface area contributed by atoms with E-state index in [0.717, 1.165) is 30.8 Å². The zero-order chi connectivity index (χ0) is 13.0. The Kier molecular flexibility index (Phi) is 4.36. The Morgan fingerprint density at radius 1 is 1.39 bits per heavy atom. The highest BCUT2D eigenvalue weighted by Gasteiger charge is 2.17. The van der Waals surface area contributed by atoms with Gasteiger partial charge in [0.1, 0.15) is 0 Å². The molecule has 0 aliphatic carbocycles. The molecular formula is C13H18N2O2S. The normalized spacial score (nSPS) is 14.8. The number of nitrogens with zero attached hydrogens (tertiary/aromatic N) is 1. The molecule has 2 heterocycles. The first-order valence-electron chi connectivity index (χ1n) is 6.28. The molecule has 0 atom stereocenters. The van der Waals surface area contributed by atoms with Crippen molar-refractivity contribution in [3.05, 3.63) is 21.9 Å². The van der Waals surface area contributed by atoms with E-state index in [9.17, 15) is 9.59 Å². The fourth-order valence-corrected chi connectivity index (χ4v) is 2.76. The second kappa shape index (κ2) is 6.00. The molecule has 1 aromatic heterocycles. The first kappa shape index (κ1) is 13.1. The predicted molar refractivity (Wildman–Crippen MR) is 71.8 cm³/mol. The van der Waals surface area contributed by atoms with Crippen LogP contribution in [0.4, 0.5) is 0 Å². The number of nitrogens with one attached hydrogen (secondary N) is 1. The maximum Gasteiger partial charge on any atom is 0.252 e. The molecule has 0 bridgehead atoms. The fourth-order valence-electron chi connectivity index (χ4n) is 2.07. The number of thiophene rings is 1. The van der Waals surface area contributed by atoms with Crippen molar-refractivity contribution in [1.82, 2.24) is 10.2 Å². The summed E-state index contributed by atoms with van der Waals surface area (Å²) in [5, 5.41) is 4.63. The molecule has 0 aromatic carbocycles. The molecule has 5 heteroatoms. The van der Waals surface area contributed by atoms with Gasteiger partial charge < -0.3 is 10.2 Å². The Morgan fingerprint density at radius 3 is 2.72 bits per heavy atom. The van der Waals surface area contributed by atoms with Crippen LogP contribution in [-0.4, -0.2) is 36.3 Å². The molecule has 18 heavy (non-hydrogen) atoms. The Hall–Kier alpha value is -1.36. The third-order valence-corrected chi connectivity index (χ3v) is 3.94. The van der Waals surface area contributed by atoms with Crippen LogP contribution in [0.5, 0.6) is 0 Å². The van der Waals surface area contributed by atoms with Gasteiger partial charge in [-0.05, 0) is 25.8 Å². The fraction of sp³-hybridized carbons (Fsp3) is 0.538. The Morgan fingerprint density at radius 2 is 2.11 bits per heavy atom. The lowest BCUT2D eigenvalue weighted by atomic mass is 10.3. The summed E-state index contributed by atoms with van der Waals surface area (Å²) in [6.07, 6.45) is 2.60. The van der Waals surface area contributed by atoms with Crippen LogP contribution in [0.1, 0.15) is 34.5 Å². The first-order valence-corrected chi connectivity index (χ1v) is 7.16. The van der Waals surface area contributed by atoms with Crippen LogP contribution in [0.25, 0.3) is 0 Å². The number of carbonyl (C=O) groups is 2. The number of likely N-dealkylation sites (tertiary alicyclic amines) is 1. The number of hydrogen-bond donors (Lipinski definition) is 1. The molecule has 0 saturated carbocycles. The average Bonchev–Trinajstić information content (AvgIpc) is 2.99. The third-order valence-electron chi connectivity index (χ3n) is 3.08. The van der Waals surface area contributed by atoms with Crippen molar-refractivity contribution < 1.29 is 9.59 Å². The molecule has 1 fully saturated rings. The minimum absolute atomic E-state index is 0.0893. The van der Waals surface area contributed by atoms with E-state index >= 15 is 0 Å². The topological polar surface area (TPSA) is 49.4 Å². The summed E-state index contributed by atoms with van der Waals surface area (Å²) in [5.41, 5.74) is 0.686. The van der Waals surface area contributed by atoms with E-state index in [1.165, 1.54) is 0 Å². The number of carbonyl (C=O) groups excluding carboxylic acids is 2. The average molecular weight is 266 g/mol. The molecule has 4 nitrogen and oxygen atoms in total. The molecule has 1 saturated heterocycles. The Bertz CT molecular complexity index is 436. The van der Waals surface area contributed by atoms with E-state index in [1.807, 2.05) is 23.3 Å². The summed E-state index contributed by atoms with van der Waals surface area (Å²) >= 11 is 1.56. The molecule has 2 rings (SSSR count). The minimum atomic E-state index is -0.0893. The zero-order valence-electron chi connectivity index (χ0n) is 10.6. The van der Waals surface area contributed by atoms with Crippen LogP contribution in [-0.2, 0) is 4.79 Å². The maximum atomic E-state index is 11.7. The van der Waals surface area contributed by atoms with Crippen molar-refractivity contribution in [2.45, 2.75) is 26.2 Å². The molecule has 1 aliphatic heterocycles. The summed E-state index contributed by atoms with van der Waals surface area (Å²) in [6, 6.07) is 1.86. The summed E-state index contributed by atoms with van der Waals surface area (Å²) in [7, 11) is 0. The summed E-state index contributed by atoms with van der Waals surface area (Å²) < 4.78 is 0. The summed E-state index contributed by atoms with van der Waals surface area (Å²) in [5.74, 6) is 0.0582. The van der Waals surface area contributed by atoms with Crippen molar-refractivity contribution in [3.63, 3.8) is 0 Å². The van der Waals surface area contributed by atoms with Crippen LogP contribution in [0.2, 0.25) is 0 Å². The van der Waals surface area contributed by atoms with Gasteiger partial charge in [-0.2, -0.15) is 0 Å². The van der Waals surface area contributed by atoms with E-state index in [0.29, 0.717) is 18.5 Å². The minimum Gasteiger partial charge on any atom is -0.351 e. The molecule has 2 amide bonds. The van der Waals surface area contributed by atoms with Crippen molar-refractivity contribution in [2.24, 2.45) is 0 Å². The first-order chi connectivity index (χ1) is 8.66. The molecule has 0 spiro atoms. The van der Waals surface area contributed by atoms with Crippen LogP contribution in [0, 0.1) is 6.92 Å². The Labute approximate surface area is 111 Å². The van der Waals surface area contributed by atoms with Gasteiger partial charge in [-0.25, -0.2) is 0 Å². The lowest BCUT2D eigenvalue weighted by Crippen LogP contribution is -2.32.